The van der Waals surface area contributed by atoms with Gasteiger partial charge in [-0.15, -0.1) is 0 Å². The van der Waals surface area contributed by atoms with E-state index in [-0.39, 0.29) is 5.78 Å². The first kappa shape index (κ1) is 14.4. The van der Waals surface area contributed by atoms with Crippen LogP contribution in [-0.4, -0.2) is 16.8 Å². The van der Waals surface area contributed by atoms with Crippen LogP contribution in [0, 0.1) is 12.8 Å². The van der Waals surface area contributed by atoms with Crippen LogP contribution in [0.1, 0.15) is 27.0 Å². The second-order valence-electron chi connectivity index (χ2n) is 6.09. The molecule has 116 valence electrons. The molecule has 0 saturated heterocycles. The number of rotatable bonds is 1. The standard InChI is InChI=1S/C18H14ClNO3/c1-9-14(19)7-6-12-15(9)20-17(22)18(12,23)13-8-10-4-2-3-5-11(10)16(13)21/h2-7,13,23H,8H2,1H3,(H,20,22)/t13-,18+/m0/s1. The van der Waals surface area contributed by atoms with Gasteiger partial charge in [-0.05, 0) is 30.5 Å². The molecule has 1 aliphatic carbocycles. The van der Waals surface area contributed by atoms with Gasteiger partial charge in [-0.2, -0.15) is 0 Å². The highest BCUT2D eigenvalue weighted by Crippen LogP contribution is 2.48. The molecule has 2 N–H and O–H groups in total. The summed E-state index contributed by atoms with van der Waals surface area (Å²) in [4.78, 5) is 25.3. The molecular weight excluding hydrogens is 314 g/mol. The molecule has 2 atom stereocenters. The quantitative estimate of drug-likeness (QED) is 0.846. The van der Waals surface area contributed by atoms with Crippen LogP contribution < -0.4 is 5.32 Å². The Bertz CT molecular complexity index is 877. The fourth-order valence-electron chi connectivity index (χ4n) is 3.62. The SMILES string of the molecule is Cc1c(Cl)ccc2c1NC(=O)[C@]2(O)[C@H]1Cc2ccccc2C1=O. The predicted octanol–water partition coefficient (Wildman–Crippen LogP) is 2.84. The number of carbonyl (C=O) groups excluding carboxylic acids is 2. The number of Topliss-reactive ketones (excluding diaryl/α,β-unsaturated/α-hetero) is 1. The number of ketones is 1. The number of aliphatic hydroxyl groups is 1. The number of nitrogens with one attached hydrogen (secondary N) is 1. The van der Waals surface area contributed by atoms with Gasteiger partial charge in [-0.25, -0.2) is 0 Å². The molecule has 0 saturated carbocycles. The van der Waals surface area contributed by atoms with Gasteiger partial charge in [0.25, 0.3) is 5.91 Å². The summed E-state index contributed by atoms with van der Waals surface area (Å²) in [7, 11) is 0. The van der Waals surface area contributed by atoms with Gasteiger partial charge in [0.2, 0.25) is 0 Å². The van der Waals surface area contributed by atoms with E-state index in [1.807, 2.05) is 12.1 Å². The maximum absolute atomic E-state index is 12.7. The minimum Gasteiger partial charge on any atom is -0.375 e. The second kappa shape index (κ2) is 4.66. The van der Waals surface area contributed by atoms with E-state index in [1.54, 1.807) is 31.2 Å². The largest absolute Gasteiger partial charge is 0.375 e. The first-order chi connectivity index (χ1) is 10.9. The zero-order valence-corrected chi connectivity index (χ0v) is 13.1. The Hall–Kier alpha value is -2.17. The maximum atomic E-state index is 12.7. The average Bonchev–Trinajstić information content (AvgIpc) is 3.01. The third kappa shape index (κ3) is 1.76. The first-order valence-electron chi connectivity index (χ1n) is 7.40. The summed E-state index contributed by atoms with van der Waals surface area (Å²) in [5, 5.41) is 14.4. The molecule has 2 aromatic carbocycles. The Balaban J connectivity index is 1.87. The maximum Gasteiger partial charge on any atom is 0.261 e. The molecule has 2 aromatic rings. The van der Waals surface area contributed by atoms with Crippen LogP contribution in [0.25, 0.3) is 0 Å². The smallest absolute Gasteiger partial charge is 0.261 e. The molecule has 5 heteroatoms. The van der Waals surface area contributed by atoms with Crippen molar-refractivity contribution in [2.24, 2.45) is 5.92 Å². The molecule has 0 fully saturated rings. The molecule has 0 unspecified atom stereocenters. The van der Waals surface area contributed by atoms with E-state index >= 15 is 0 Å². The van der Waals surface area contributed by atoms with Gasteiger partial charge in [0.05, 0.1) is 11.6 Å². The van der Waals surface area contributed by atoms with Crippen molar-refractivity contribution in [1.82, 2.24) is 0 Å². The van der Waals surface area contributed by atoms with Gasteiger partial charge in [-0.1, -0.05) is 41.9 Å². The van der Waals surface area contributed by atoms with Crippen LogP contribution >= 0.6 is 11.6 Å². The van der Waals surface area contributed by atoms with Crippen LogP contribution in [0.15, 0.2) is 36.4 Å². The van der Waals surface area contributed by atoms with Crippen molar-refractivity contribution in [3.05, 3.63) is 63.7 Å². The zero-order valence-electron chi connectivity index (χ0n) is 12.4. The third-order valence-corrected chi connectivity index (χ3v) is 5.33. The van der Waals surface area contributed by atoms with Crippen molar-refractivity contribution in [3.8, 4) is 0 Å². The zero-order chi connectivity index (χ0) is 16.4. The lowest BCUT2D eigenvalue weighted by atomic mass is 9.79. The van der Waals surface area contributed by atoms with Gasteiger partial charge in [0.1, 0.15) is 0 Å². The van der Waals surface area contributed by atoms with Gasteiger partial charge in [0.15, 0.2) is 11.4 Å². The fourth-order valence-corrected chi connectivity index (χ4v) is 3.78. The van der Waals surface area contributed by atoms with E-state index < -0.39 is 17.4 Å². The summed E-state index contributed by atoms with van der Waals surface area (Å²) < 4.78 is 0. The van der Waals surface area contributed by atoms with Crippen molar-refractivity contribution in [3.63, 3.8) is 0 Å². The Labute approximate surface area is 138 Å². The number of benzene rings is 2. The summed E-state index contributed by atoms with van der Waals surface area (Å²) >= 11 is 6.09. The number of halogens is 1. The van der Waals surface area contributed by atoms with E-state index in [0.29, 0.717) is 33.8 Å². The lowest BCUT2D eigenvalue weighted by molar-refractivity contribution is -0.137. The monoisotopic (exact) mass is 327 g/mol. The second-order valence-corrected chi connectivity index (χ2v) is 6.50. The molecule has 0 radical (unpaired) electrons. The molecule has 2 aliphatic rings. The van der Waals surface area contributed by atoms with Gasteiger partial charge < -0.3 is 10.4 Å². The first-order valence-corrected chi connectivity index (χ1v) is 7.78. The van der Waals surface area contributed by atoms with E-state index in [2.05, 4.69) is 5.32 Å². The molecule has 1 heterocycles. The van der Waals surface area contributed by atoms with E-state index in [1.165, 1.54) is 0 Å². The number of carbonyl (C=O) groups is 2. The lowest BCUT2D eigenvalue weighted by Gasteiger charge is -2.26. The molecule has 0 bridgehead atoms. The minimum atomic E-state index is -1.86. The number of fused-ring (bicyclic) bond motifs is 2. The number of hydrogen-bond donors (Lipinski definition) is 2. The molecule has 1 amide bonds. The highest BCUT2D eigenvalue weighted by molar-refractivity contribution is 6.32. The normalized spacial score (nSPS) is 25.3. The van der Waals surface area contributed by atoms with Gasteiger partial charge in [-0.3, -0.25) is 9.59 Å². The summed E-state index contributed by atoms with van der Waals surface area (Å²) in [5.41, 5.74) is 1.21. The van der Waals surface area contributed by atoms with E-state index in [9.17, 15) is 14.7 Å². The summed E-state index contributed by atoms with van der Waals surface area (Å²) in [6, 6.07) is 10.5. The Morgan fingerprint density at radius 2 is 1.96 bits per heavy atom. The van der Waals surface area contributed by atoms with Crippen molar-refractivity contribution in [2.45, 2.75) is 18.9 Å². The van der Waals surface area contributed by atoms with Crippen LogP contribution in [-0.2, 0) is 16.8 Å². The molecular formula is C18H14ClNO3. The molecule has 1 aliphatic heterocycles. The average molecular weight is 328 g/mol. The highest BCUT2D eigenvalue weighted by atomic mass is 35.5. The molecule has 4 nitrogen and oxygen atoms in total. The Morgan fingerprint density at radius 3 is 2.70 bits per heavy atom. The molecule has 0 spiro atoms. The topological polar surface area (TPSA) is 66.4 Å². The molecule has 0 aromatic heterocycles. The number of anilines is 1. The highest BCUT2D eigenvalue weighted by Gasteiger charge is 2.56. The van der Waals surface area contributed by atoms with Gasteiger partial charge in [0, 0.05) is 16.1 Å². The summed E-state index contributed by atoms with van der Waals surface area (Å²) in [6.45, 7) is 1.78. The third-order valence-electron chi connectivity index (χ3n) is 4.92. The minimum absolute atomic E-state index is 0.196. The van der Waals surface area contributed by atoms with Crippen molar-refractivity contribution >= 4 is 29.0 Å². The predicted molar refractivity (Wildman–Crippen MR) is 86.7 cm³/mol. The lowest BCUT2D eigenvalue weighted by Crippen LogP contribution is -2.44. The number of hydrogen-bond acceptors (Lipinski definition) is 3. The summed E-state index contributed by atoms with van der Waals surface area (Å²) in [6.07, 6.45) is 0.347. The number of amides is 1. The van der Waals surface area contributed by atoms with Crippen LogP contribution in [0.5, 0.6) is 0 Å². The van der Waals surface area contributed by atoms with E-state index in [0.717, 1.165) is 5.56 Å². The Morgan fingerprint density at radius 1 is 1.22 bits per heavy atom. The van der Waals surface area contributed by atoms with Crippen molar-refractivity contribution in [1.29, 1.82) is 0 Å². The molecule has 4 rings (SSSR count). The fraction of sp³-hybridized carbons (Fsp3) is 0.222. The van der Waals surface area contributed by atoms with Crippen LogP contribution in [0.4, 0.5) is 5.69 Å². The van der Waals surface area contributed by atoms with Crippen molar-refractivity contribution in [2.75, 3.05) is 5.32 Å². The molecule has 23 heavy (non-hydrogen) atoms. The Kier molecular flexibility index (Phi) is 2.92. The van der Waals surface area contributed by atoms with Crippen LogP contribution in [0.3, 0.4) is 0 Å². The van der Waals surface area contributed by atoms with Crippen LogP contribution in [0.2, 0.25) is 5.02 Å². The summed E-state index contributed by atoms with van der Waals surface area (Å²) in [5.74, 6) is -1.58. The van der Waals surface area contributed by atoms with Crippen molar-refractivity contribution < 1.29 is 14.7 Å². The van der Waals surface area contributed by atoms with E-state index in [4.69, 9.17) is 11.6 Å². The van der Waals surface area contributed by atoms with Gasteiger partial charge >= 0.3 is 0 Å².